The SMILES string of the molecule is CSOOOOOOOOOOOOOOOOOOOOOOOOOOOOOOOOOO[O-]. The summed E-state index contributed by atoms with van der Waals surface area (Å²) in [6.07, 6.45) is 1.49. The van der Waals surface area contributed by atoms with Gasteiger partial charge in [0.25, 0.3) is 0 Å². The van der Waals surface area contributed by atoms with Crippen LogP contribution in [0, 0.1) is 0 Å². The van der Waals surface area contributed by atoms with Gasteiger partial charge < -0.3 is 5.26 Å². The molecule has 224 valence electrons. The van der Waals surface area contributed by atoms with Crippen molar-refractivity contribution in [2.45, 2.75) is 0 Å². The molecule has 0 atom stereocenters. The third kappa shape index (κ3) is 35.0. The topological polar surface area (TPSA) is 337 Å². The van der Waals surface area contributed by atoms with Gasteiger partial charge in [-0.05, 0) is 80.6 Å². The van der Waals surface area contributed by atoms with Crippen LogP contribution in [0.25, 0.3) is 0 Å². The number of hydrogen-bond acceptors (Lipinski definition) is 36. The summed E-state index contributed by atoms with van der Waals surface area (Å²) < 4.78 is 4.08. The lowest BCUT2D eigenvalue weighted by Gasteiger charge is -2.00. The van der Waals surface area contributed by atoms with E-state index in [9.17, 15) is 0 Å². The predicted octanol–water partition coefficient (Wildman–Crippen LogP) is -2.70. The standard InChI is InChI=1S/CH4O35S/c1-37-36-35-34-33-32-31-30-29-28-27-26-25-24-23-22-21-20-19-18-17-16-15-14-13-12-11-10-9-8-7-6-5-4-3-2/h2H,1H3/p-1. The van der Waals surface area contributed by atoms with Crippen LogP contribution in [0.15, 0.2) is 0 Å². The molecule has 0 aliphatic carbocycles. The Balaban J connectivity index is 3.00. The molecule has 0 heterocycles. The molecule has 36 heteroatoms. The maximum absolute atomic E-state index is 9.17. The van der Waals surface area contributed by atoms with Gasteiger partial charge in [0, 0.05) is 98.9 Å². The maximum Gasteiger partial charge on any atom is 0.0312 e. The summed E-state index contributed by atoms with van der Waals surface area (Å²) in [5.41, 5.74) is 0. The Hall–Kier alpha value is -1.05. The molecule has 0 aromatic rings. The van der Waals surface area contributed by atoms with Crippen molar-refractivity contribution in [1.82, 2.24) is 0 Å². The van der Waals surface area contributed by atoms with E-state index >= 15 is 0 Å². The van der Waals surface area contributed by atoms with Gasteiger partial charge in [-0.25, -0.2) is 0 Å². The average Bonchev–Trinajstić information content (AvgIpc) is 2.91. The molecule has 0 radical (unpaired) electrons. The Morgan fingerprint density at radius 3 is 0.595 bits per heavy atom. The second kappa shape index (κ2) is 35.0. The van der Waals surface area contributed by atoms with E-state index in [0.29, 0.717) is 0 Å². The quantitative estimate of drug-likeness (QED) is 0.0311. The molecule has 37 heavy (non-hydrogen) atoms. The zero-order valence-corrected chi connectivity index (χ0v) is 16.5. The zero-order valence-electron chi connectivity index (χ0n) is 15.7. The Morgan fingerprint density at radius 1 is 0.270 bits per heavy atom. The van der Waals surface area contributed by atoms with Crippen molar-refractivity contribution in [1.29, 1.82) is 0 Å². The lowest BCUT2D eigenvalue weighted by Crippen LogP contribution is -2.08. The summed E-state index contributed by atoms with van der Waals surface area (Å²) in [4.78, 5) is 0. The monoisotopic (exact) mass is 607 g/mol. The van der Waals surface area contributed by atoms with Gasteiger partial charge in [0.2, 0.25) is 0 Å². The second-order valence-corrected chi connectivity index (χ2v) is 2.95. The summed E-state index contributed by atoms with van der Waals surface area (Å²) in [5.74, 6) is 0. The summed E-state index contributed by atoms with van der Waals surface area (Å²) in [7, 11) is 0. The molecule has 0 saturated carbocycles. The molecule has 0 aromatic carbocycles. The first-order valence-electron chi connectivity index (χ1n) is 6.24. The summed E-state index contributed by atoms with van der Waals surface area (Å²) in [6, 6.07) is 0. The summed E-state index contributed by atoms with van der Waals surface area (Å²) in [6.45, 7) is 0. The normalized spacial score (nSPS) is 11.5. The molecular weight excluding hydrogens is 604 g/mol. The predicted molar refractivity (Wildman–Crippen MR) is 50.4 cm³/mol. The van der Waals surface area contributed by atoms with E-state index in [1.807, 2.05) is 0 Å². The van der Waals surface area contributed by atoms with Crippen LogP contribution in [0.4, 0.5) is 0 Å². The minimum absolute atomic E-state index is 0.760. The van der Waals surface area contributed by atoms with Crippen molar-refractivity contribution >= 4 is 12.0 Å². The molecule has 0 N–H and O–H groups in total. The molecule has 0 unspecified atom stereocenters. The van der Waals surface area contributed by atoms with Crippen LogP contribution in [0.1, 0.15) is 0 Å². The van der Waals surface area contributed by atoms with E-state index < -0.39 is 0 Å². The van der Waals surface area contributed by atoms with E-state index in [4.69, 9.17) is 5.26 Å². The highest BCUT2D eigenvalue weighted by Crippen LogP contribution is 1.98. The second-order valence-electron chi connectivity index (χ2n) is 2.48. The molecule has 0 aliphatic rings. The fraction of sp³-hybridized carbons (Fsp3) is 1.00. The average molecular weight is 607 g/mol. The minimum Gasteiger partial charge on any atom is -0.689 e. The fourth-order valence-electron chi connectivity index (χ4n) is 0.391. The Labute approximate surface area is 195 Å². The smallest absolute Gasteiger partial charge is 0.0312 e. The number of hydrogen-bond donors (Lipinski definition) is 0. The first-order chi connectivity index (χ1) is 18.4. The molecule has 0 fully saturated rings. The van der Waals surface area contributed by atoms with Gasteiger partial charge in [-0.1, -0.05) is 0 Å². The van der Waals surface area contributed by atoms with Gasteiger partial charge in [-0.2, -0.15) is 0 Å². The Bertz CT molecular complexity index is 338. The zero-order chi connectivity index (χ0) is 26.7. The Morgan fingerprint density at radius 2 is 0.432 bits per heavy atom. The van der Waals surface area contributed by atoms with E-state index in [-0.39, 0.29) is 0 Å². The van der Waals surface area contributed by atoms with Crippen molar-refractivity contribution < 1.29 is 176 Å². The van der Waals surface area contributed by atoms with Crippen LogP contribution in [0.5, 0.6) is 0 Å². The van der Waals surface area contributed by atoms with Crippen molar-refractivity contribution in [3.8, 4) is 0 Å². The molecule has 0 rings (SSSR count). The van der Waals surface area contributed by atoms with Crippen LogP contribution < -0.4 is 5.26 Å². The van der Waals surface area contributed by atoms with Gasteiger partial charge in [0.15, 0.2) is 0 Å². The summed E-state index contributed by atoms with van der Waals surface area (Å²) in [5, 5.41) is 124. The van der Waals surface area contributed by atoms with Crippen LogP contribution >= 0.6 is 12.0 Å². The van der Waals surface area contributed by atoms with E-state index in [1.165, 1.54) is 6.26 Å². The molecule has 35 nitrogen and oxygen atoms in total. The van der Waals surface area contributed by atoms with E-state index in [1.54, 1.807) is 0 Å². The lowest BCUT2D eigenvalue weighted by atomic mass is 12.0. The van der Waals surface area contributed by atoms with Crippen LogP contribution in [-0.4, -0.2) is 6.26 Å². The van der Waals surface area contributed by atoms with Crippen molar-refractivity contribution in [2.24, 2.45) is 0 Å². The lowest BCUT2D eigenvalue weighted by molar-refractivity contribution is -0.921. The molecule has 0 amide bonds. The van der Waals surface area contributed by atoms with E-state index in [0.717, 1.165) is 12.0 Å². The van der Waals surface area contributed by atoms with Gasteiger partial charge in [0.1, 0.15) is 0 Å². The van der Waals surface area contributed by atoms with Gasteiger partial charge >= 0.3 is 0 Å². The minimum atomic E-state index is 0.760. The molecule has 0 spiro atoms. The highest BCUT2D eigenvalue weighted by Gasteiger charge is 2.02. The van der Waals surface area contributed by atoms with Crippen molar-refractivity contribution in [3.05, 3.63) is 0 Å². The largest absolute Gasteiger partial charge is 0.689 e. The van der Waals surface area contributed by atoms with Crippen LogP contribution in [-0.2, 0) is 171 Å². The first kappa shape index (κ1) is 35.9. The van der Waals surface area contributed by atoms with Gasteiger partial charge in [-0.3, -0.25) is 5.04 Å². The molecular formula is CH3O35S-. The fourth-order valence-corrected chi connectivity index (χ4v) is 0.469. The molecule has 0 aromatic heterocycles. The van der Waals surface area contributed by atoms with Gasteiger partial charge in [0.05, 0.1) is 0 Å². The van der Waals surface area contributed by atoms with Crippen LogP contribution in [0.3, 0.4) is 0 Å². The van der Waals surface area contributed by atoms with Crippen molar-refractivity contribution in [2.75, 3.05) is 6.26 Å². The van der Waals surface area contributed by atoms with Crippen molar-refractivity contribution in [3.63, 3.8) is 0 Å². The third-order valence-corrected chi connectivity index (χ3v) is 1.18. The van der Waals surface area contributed by atoms with Gasteiger partial charge in [-0.15, -0.1) is 4.33 Å². The number of rotatable bonds is 34. The van der Waals surface area contributed by atoms with E-state index in [2.05, 4.69) is 171 Å². The first-order valence-corrected chi connectivity index (χ1v) is 7.39. The third-order valence-electron chi connectivity index (χ3n) is 0.985. The molecule has 0 bridgehead atoms. The maximum atomic E-state index is 9.17. The molecule has 0 aliphatic heterocycles. The summed E-state index contributed by atoms with van der Waals surface area (Å²) >= 11 is 0.760. The molecule has 0 saturated heterocycles. The highest BCUT2D eigenvalue weighted by atomic mass is 32.2. The highest BCUT2D eigenvalue weighted by molar-refractivity contribution is 7.93. The van der Waals surface area contributed by atoms with Crippen LogP contribution in [0.2, 0.25) is 0 Å². The Kier molecular flexibility index (Phi) is 34.0.